The number of benzene rings is 1. The highest BCUT2D eigenvalue weighted by Crippen LogP contribution is 2.37. The molecule has 0 aliphatic heterocycles. The van der Waals surface area contributed by atoms with Crippen molar-refractivity contribution in [3.8, 4) is 0 Å². The lowest BCUT2D eigenvalue weighted by atomic mass is 9.75. The first-order valence-corrected chi connectivity index (χ1v) is 4.95. The van der Waals surface area contributed by atoms with Crippen molar-refractivity contribution in [2.75, 3.05) is 0 Å². The number of carbonyl (C=O) groups is 1. The van der Waals surface area contributed by atoms with Gasteiger partial charge in [-0.3, -0.25) is 4.79 Å². The molecule has 1 aliphatic rings. The molecular formula is C13H14O. The molecule has 14 heavy (non-hydrogen) atoms. The van der Waals surface area contributed by atoms with E-state index < -0.39 is 0 Å². The van der Waals surface area contributed by atoms with Crippen LogP contribution in [0.25, 0.3) is 0 Å². The van der Waals surface area contributed by atoms with Crippen LogP contribution in [0, 0.1) is 0 Å². The van der Waals surface area contributed by atoms with Gasteiger partial charge in [0, 0.05) is 6.42 Å². The molecule has 0 fully saturated rings. The van der Waals surface area contributed by atoms with E-state index in [1.165, 1.54) is 11.1 Å². The van der Waals surface area contributed by atoms with Crippen LogP contribution in [-0.4, -0.2) is 5.78 Å². The molecule has 0 spiro atoms. The van der Waals surface area contributed by atoms with E-state index in [1.807, 2.05) is 6.07 Å². The van der Waals surface area contributed by atoms with E-state index in [2.05, 4.69) is 24.8 Å². The van der Waals surface area contributed by atoms with Crippen LogP contribution in [0.5, 0.6) is 0 Å². The van der Waals surface area contributed by atoms with Gasteiger partial charge < -0.3 is 0 Å². The topological polar surface area (TPSA) is 17.1 Å². The maximum absolute atomic E-state index is 11.5. The smallest absolute Gasteiger partial charge is 0.158 e. The third-order valence-electron chi connectivity index (χ3n) is 2.87. The molecule has 0 N–H and O–H groups in total. The largest absolute Gasteiger partial charge is 0.295 e. The maximum atomic E-state index is 11.5. The van der Waals surface area contributed by atoms with Gasteiger partial charge >= 0.3 is 0 Å². The van der Waals surface area contributed by atoms with Crippen molar-refractivity contribution in [2.45, 2.75) is 25.7 Å². The molecule has 1 atom stereocenters. The summed E-state index contributed by atoms with van der Waals surface area (Å²) in [6.07, 6.45) is 1.68. The highest BCUT2D eigenvalue weighted by atomic mass is 16.1. The van der Waals surface area contributed by atoms with Crippen LogP contribution in [0.1, 0.15) is 30.4 Å². The molecule has 0 aromatic heterocycles. The minimum atomic E-state index is 0.199. The van der Waals surface area contributed by atoms with Gasteiger partial charge in [0.2, 0.25) is 0 Å². The first-order valence-electron chi connectivity index (χ1n) is 4.95. The molecule has 0 radical (unpaired) electrons. The number of Topliss-reactive ketones (excluding diaryl/α,β-unsaturated/α-hetero) is 1. The van der Waals surface area contributed by atoms with Crippen molar-refractivity contribution in [2.24, 2.45) is 0 Å². The molecule has 0 saturated carbocycles. The molecule has 0 bridgehead atoms. The Kier molecular flexibility index (Phi) is 2.24. The standard InChI is InChI=1S/C13H14O/c1-9(2)13(14)8-11-7-10-5-3-4-6-12(10)11/h3-6,11H,1,7-8H2,2H3. The van der Waals surface area contributed by atoms with Crippen molar-refractivity contribution in [1.82, 2.24) is 0 Å². The normalized spacial score (nSPS) is 18.2. The van der Waals surface area contributed by atoms with Gasteiger partial charge in [-0.1, -0.05) is 30.8 Å². The summed E-state index contributed by atoms with van der Waals surface area (Å²) in [6.45, 7) is 5.46. The average Bonchev–Trinajstić information content (AvgIpc) is 2.13. The second-order valence-electron chi connectivity index (χ2n) is 4.01. The van der Waals surface area contributed by atoms with Gasteiger partial charge in [0.1, 0.15) is 0 Å². The zero-order chi connectivity index (χ0) is 10.1. The van der Waals surface area contributed by atoms with Crippen LogP contribution in [0.15, 0.2) is 36.4 Å². The predicted octanol–water partition coefficient (Wildman–Crippen LogP) is 2.86. The SMILES string of the molecule is C=C(C)C(=O)CC1Cc2ccccc21. The monoisotopic (exact) mass is 186 g/mol. The lowest BCUT2D eigenvalue weighted by Crippen LogP contribution is -2.20. The van der Waals surface area contributed by atoms with Crippen LogP contribution in [0.2, 0.25) is 0 Å². The van der Waals surface area contributed by atoms with Gasteiger partial charge in [-0.15, -0.1) is 0 Å². The molecule has 1 aromatic carbocycles. The lowest BCUT2D eigenvalue weighted by Gasteiger charge is -2.29. The van der Waals surface area contributed by atoms with E-state index in [9.17, 15) is 4.79 Å². The van der Waals surface area contributed by atoms with Crippen molar-refractivity contribution < 1.29 is 4.79 Å². The molecule has 1 unspecified atom stereocenters. The second-order valence-corrected chi connectivity index (χ2v) is 4.01. The van der Waals surface area contributed by atoms with Crippen molar-refractivity contribution in [3.05, 3.63) is 47.5 Å². The van der Waals surface area contributed by atoms with Gasteiger partial charge in [-0.25, -0.2) is 0 Å². The predicted molar refractivity (Wildman–Crippen MR) is 57.3 cm³/mol. The molecule has 0 saturated heterocycles. The summed E-state index contributed by atoms with van der Waals surface area (Å²) >= 11 is 0. The zero-order valence-corrected chi connectivity index (χ0v) is 8.42. The summed E-state index contributed by atoms with van der Waals surface area (Å²) in [5.74, 6) is 0.639. The fourth-order valence-corrected chi connectivity index (χ4v) is 1.94. The van der Waals surface area contributed by atoms with Crippen molar-refractivity contribution in [3.63, 3.8) is 0 Å². The minimum Gasteiger partial charge on any atom is -0.295 e. The molecule has 0 amide bonds. The van der Waals surface area contributed by atoms with Gasteiger partial charge in [-0.2, -0.15) is 0 Å². The van der Waals surface area contributed by atoms with Crippen molar-refractivity contribution >= 4 is 5.78 Å². The third kappa shape index (κ3) is 1.50. The average molecular weight is 186 g/mol. The molecule has 72 valence electrons. The number of hydrogen-bond donors (Lipinski definition) is 0. The summed E-state index contributed by atoms with van der Waals surface area (Å²) in [5.41, 5.74) is 3.42. The highest BCUT2D eigenvalue weighted by molar-refractivity contribution is 5.94. The second kappa shape index (κ2) is 3.41. The summed E-state index contributed by atoms with van der Waals surface area (Å²) in [5, 5.41) is 0. The first-order chi connectivity index (χ1) is 6.68. The lowest BCUT2D eigenvalue weighted by molar-refractivity contribution is -0.116. The van der Waals surface area contributed by atoms with Gasteiger partial charge in [0.05, 0.1) is 0 Å². The Hall–Kier alpha value is -1.37. The Bertz CT molecular complexity index is 390. The van der Waals surface area contributed by atoms with Crippen LogP contribution in [0.3, 0.4) is 0 Å². The number of carbonyl (C=O) groups excluding carboxylic acids is 1. The van der Waals surface area contributed by atoms with E-state index in [-0.39, 0.29) is 5.78 Å². The third-order valence-corrected chi connectivity index (χ3v) is 2.87. The van der Waals surface area contributed by atoms with Crippen LogP contribution < -0.4 is 0 Å². The Morgan fingerprint density at radius 2 is 2.21 bits per heavy atom. The fraction of sp³-hybridized carbons (Fsp3) is 0.308. The van der Waals surface area contributed by atoms with Gasteiger partial charge in [-0.05, 0) is 36.0 Å². The molecule has 1 nitrogen and oxygen atoms in total. The molecule has 1 heteroatoms. The Labute approximate surface area is 84.5 Å². The maximum Gasteiger partial charge on any atom is 0.158 e. The molecule has 1 aromatic rings. The Morgan fingerprint density at radius 1 is 1.50 bits per heavy atom. The zero-order valence-electron chi connectivity index (χ0n) is 8.42. The van der Waals surface area contributed by atoms with E-state index in [1.54, 1.807) is 6.92 Å². The highest BCUT2D eigenvalue weighted by Gasteiger charge is 2.27. The number of allylic oxidation sites excluding steroid dienone is 1. The summed E-state index contributed by atoms with van der Waals surface area (Å²) in [4.78, 5) is 11.5. The molecule has 1 aliphatic carbocycles. The molecule has 0 heterocycles. The van der Waals surface area contributed by atoms with Crippen LogP contribution in [0.4, 0.5) is 0 Å². The van der Waals surface area contributed by atoms with Crippen molar-refractivity contribution in [1.29, 1.82) is 0 Å². The Balaban J connectivity index is 2.06. The van der Waals surface area contributed by atoms with E-state index in [0.717, 1.165) is 6.42 Å². The summed E-state index contributed by atoms with van der Waals surface area (Å²) in [7, 11) is 0. The first kappa shape index (κ1) is 9.20. The summed E-state index contributed by atoms with van der Waals surface area (Å²) < 4.78 is 0. The Morgan fingerprint density at radius 3 is 2.86 bits per heavy atom. The van der Waals surface area contributed by atoms with Gasteiger partial charge in [0.25, 0.3) is 0 Å². The summed E-state index contributed by atoms with van der Waals surface area (Å²) in [6, 6.07) is 8.35. The molecule has 2 rings (SSSR count). The molecular weight excluding hydrogens is 172 g/mol. The minimum absolute atomic E-state index is 0.199. The number of fused-ring (bicyclic) bond motifs is 1. The van der Waals surface area contributed by atoms with E-state index >= 15 is 0 Å². The number of ketones is 1. The van der Waals surface area contributed by atoms with Crippen LogP contribution >= 0.6 is 0 Å². The van der Waals surface area contributed by atoms with E-state index in [4.69, 9.17) is 0 Å². The van der Waals surface area contributed by atoms with E-state index in [0.29, 0.717) is 17.9 Å². The number of rotatable bonds is 3. The van der Waals surface area contributed by atoms with Gasteiger partial charge in [0.15, 0.2) is 5.78 Å². The van der Waals surface area contributed by atoms with Crippen LogP contribution in [-0.2, 0) is 11.2 Å². The fourth-order valence-electron chi connectivity index (χ4n) is 1.94. The number of hydrogen-bond acceptors (Lipinski definition) is 1. The quantitative estimate of drug-likeness (QED) is 0.663.